The van der Waals surface area contributed by atoms with Crippen LogP contribution in [0, 0.1) is 11.6 Å². The number of halogens is 5. The van der Waals surface area contributed by atoms with Crippen molar-refractivity contribution in [1.29, 1.82) is 0 Å². The molecule has 12 heteroatoms. The van der Waals surface area contributed by atoms with Gasteiger partial charge in [-0.25, -0.2) is 18.7 Å². The summed E-state index contributed by atoms with van der Waals surface area (Å²) in [4.78, 5) is 20.2. The van der Waals surface area contributed by atoms with Crippen LogP contribution in [0.25, 0.3) is 22.4 Å². The van der Waals surface area contributed by atoms with Gasteiger partial charge in [0, 0.05) is 29.1 Å². The van der Waals surface area contributed by atoms with Crippen LogP contribution in [0.4, 0.5) is 22.0 Å². The van der Waals surface area contributed by atoms with Gasteiger partial charge in [0.15, 0.2) is 11.5 Å². The molecule has 2 aromatic heterocycles. The maximum absolute atomic E-state index is 13.8. The van der Waals surface area contributed by atoms with Crippen LogP contribution in [0.2, 0.25) is 0 Å². The molecule has 4 N–H and O–H groups in total. The van der Waals surface area contributed by atoms with Crippen molar-refractivity contribution in [2.24, 2.45) is 5.73 Å². The number of alkyl halides is 3. The summed E-state index contributed by atoms with van der Waals surface area (Å²) < 4.78 is 71.5. The van der Waals surface area contributed by atoms with Crippen LogP contribution in [-0.4, -0.2) is 21.0 Å². The van der Waals surface area contributed by atoms with E-state index in [9.17, 15) is 31.9 Å². The maximum Gasteiger partial charge on any atom is 0.433 e. The van der Waals surface area contributed by atoms with Gasteiger partial charge in [0.2, 0.25) is 5.89 Å². The van der Waals surface area contributed by atoms with Gasteiger partial charge in [-0.15, -0.1) is 0 Å². The highest BCUT2D eigenvalue weighted by Gasteiger charge is 2.33. The summed E-state index contributed by atoms with van der Waals surface area (Å²) in [6.45, 7) is -0.517. The Morgan fingerprint density at radius 3 is 2.53 bits per heavy atom. The molecule has 0 saturated heterocycles. The van der Waals surface area contributed by atoms with E-state index in [1.54, 1.807) is 0 Å². The van der Waals surface area contributed by atoms with Crippen LogP contribution in [0.5, 0.6) is 5.75 Å². The Morgan fingerprint density at radius 2 is 1.85 bits per heavy atom. The first kappa shape index (κ1) is 23.1. The number of benzene rings is 2. The molecule has 0 atom stereocenters. The second-order valence-electron chi connectivity index (χ2n) is 7.14. The number of aromatic hydroxyl groups is 1. The van der Waals surface area contributed by atoms with Crippen molar-refractivity contribution in [3.05, 3.63) is 76.8 Å². The minimum absolute atomic E-state index is 0.0313. The fourth-order valence-corrected chi connectivity index (χ4v) is 3.25. The molecule has 4 aromatic rings. The summed E-state index contributed by atoms with van der Waals surface area (Å²) in [5.41, 5.74) is 4.08. The zero-order valence-corrected chi connectivity index (χ0v) is 17.1. The topological polar surface area (TPSA) is 114 Å². The number of amides is 1. The number of aromatic nitrogens is 2. The number of phenols is 1. The normalized spacial score (nSPS) is 11.7. The van der Waals surface area contributed by atoms with Crippen LogP contribution in [0.15, 0.2) is 46.9 Å². The van der Waals surface area contributed by atoms with E-state index >= 15 is 0 Å². The van der Waals surface area contributed by atoms with Crippen LogP contribution in [-0.2, 0) is 19.3 Å². The number of rotatable bonds is 5. The van der Waals surface area contributed by atoms with E-state index in [2.05, 4.69) is 15.3 Å². The number of hydrogen-bond acceptors (Lipinski definition) is 6. The number of fused-ring (bicyclic) bond motifs is 1. The molecule has 0 fully saturated rings. The highest BCUT2D eigenvalue weighted by Crippen LogP contribution is 2.36. The van der Waals surface area contributed by atoms with Gasteiger partial charge >= 0.3 is 6.18 Å². The number of carbonyl (C=O) groups excluding carboxylic acids is 1. The van der Waals surface area contributed by atoms with Gasteiger partial charge in [-0.3, -0.25) is 4.79 Å². The molecule has 0 aliphatic heterocycles. The van der Waals surface area contributed by atoms with Gasteiger partial charge in [0.05, 0.1) is 6.54 Å². The molecule has 2 heterocycles. The van der Waals surface area contributed by atoms with E-state index < -0.39 is 35.2 Å². The highest BCUT2D eigenvalue weighted by atomic mass is 19.4. The Balaban J connectivity index is 1.68. The quantitative estimate of drug-likeness (QED) is 0.369. The van der Waals surface area contributed by atoms with E-state index in [0.29, 0.717) is 6.07 Å². The Bertz CT molecular complexity index is 1400. The lowest BCUT2D eigenvalue weighted by atomic mass is 10.1. The molecular formula is C22H15F5N4O3. The molecule has 0 aliphatic carbocycles. The van der Waals surface area contributed by atoms with Crippen molar-refractivity contribution in [2.75, 3.05) is 0 Å². The number of nitrogens with zero attached hydrogens (tertiary/aromatic N) is 2. The molecular weight excluding hydrogens is 463 g/mol. The first-order valence-corrected chi connectivity index (χ1v) is 9.70. The van der Waals surface area contributed by atoms with Gasteiger partial charge in [0.25, 0.3) is 5.91 Å². The molecule has 7 nitrogen and oxygen atoms in total. The lowest BCUT2D eigenvalue weighted by Crippen LogP contribution is -2.25. The highest BCUT2D eigenvalue weighted by molar-refractivity contribution is 5.98. The molecule has 0 spiro atoms. The van der Waals surface area contributed by atoms with Crippen molar-refractivity contribution < 1.29 is 36.3 Å². The molecule has 0 unspecified atom stereocenters. The standard InChI is InChI=1S/C22H15F5N4O3/c23-11-2-1-10(14(24)7-11)9-29-20(33)19-16(8-28)34-21(31-19)13-3-5-15(32)18-12(13)4-6-17(30-18)22(25,26)27/h1-7,32H,8-9,28H2,(H,29,33). The van der Waals surface area contributed by atoms with E-state index in [0.717, 1.165) is 24.3 Å². The molecule has 0 aliphatic rings. The number of nitrogens with two attached hydrogens (primary N) is 1. The van der Waals surface area contributed by atoms with Gasteiger partial charge in [0.1, 0.15) is 28.6 Å². The largest absolute Gasteiger partial charge is 0.506 e. The van der Waals surface area contributed by atoms with E-state index in [4.69, 9.17) is 10.2 Å². The maximum atomic E-state index is 13.8. The molecule has 0 bridgehead atoms. The van der Waals surface area contributed by atoms with Crippen molar-refractivity contribution >= 4 is 16.8 Å². The zero-order chi connectivity index (χ0) is 24.6. The SMILES string of the molecule is NCc1oc(-c2ccc(O)c3nc(C(F)(F)F)ccc23)nc1C(=O)NCc1ccc(F)cc1F. The van der Waals surface area contributed by atoms with Crippen LogP contribution >= 0.6 is 0 Å². The number of carbonyl (C=O) groups is 1. The lowest BCUT2D eigenvalue weighted by Gasteiger charge is -2.09. The first-order valence-electron chi connectivity index (χ1n) is 9.70. The lowest BCUT2D eigenvalue weighted by molar-refractivity contribution is -0.140. The minimum Gasteiger partial charge on any atom is -0.506 e. The monoisotopic (exact) mass is 478 g/mol. The first-order chi connectivity index (χ1) is 16.1. The van der Waals surface area contributed by atoms with Crippen molar-refractivity contribution in [1.82, 2.24) is 15.3 Å². The Hall–Kier alpha value is -4.06. The molecule has 0 saturated carbocycles. The van der Waals surface area contributed by atoms with E-state index in [1.807, 2.05) is 0 Å². The second-order valence-corrected chi connectivity index (χ2v) is 7.14. The van der Waals surface area contributed by atoms with Crippen molar-refractivity contribution in [2.45, 2.75) is 19.3 Å². The predicted molar refractivity (Wildman–Crippen MR) is 109 cm³/mol. The average molecular weight is 478 g/mol. The number of phenolic OH excluding ortho intramolecular Hbond substituents is 1. The summed E-state index contributed by atoms with van der Waals surface area (Å²) in [5.74, 6) is -3.05. The third-order valence-electron chi connectivity index (χ3n) is 4.91. The molecule has 176 valence electrons. The summed E-state index contributed by atoms with van der Waals surface area (Å²) >= 11 is 0. The fraction of sp³-hybridized carbons (Fsp3) is 0.136. The van der Waals surface area contributed by atoms with Gasteiger partial charge in [-0.05, 0) is 30.3 Å². The Labute approximate surface area is 188 Å². The minimum atomic E-state index is -4.72. The number of hydrogen-bond donors (Lipinski definition) is 3. The van der Waals surface area contributed by atoms with E-state index in [1.165, 1.54) is 12.1 Å². The fourth-order valence-electron chi connectivity index (χ4n) is 3.25. The number of pyridine rings is 1. The number of nitrogens with one attached hydrogen (secondary N) is 1. The Kier molecular flexibility index (Phi) is 5.92. The third kappa shape index (κ3) is 4.39. The summed E-state index contributed by atoms with van der Waals surface area (Å²) in [6.07, 6.45) is -4.72. The third-order valence-corrected chi connectivity index (χ3v) is 4.91. The molecule has 34 heavy (non-hydrogen) atoms. The molecule has 0 radical (unpaired) electrons. The smallest absolute Gasteiger partial charge is 0.433 e. The molecule has 2 aromatic carbocycles. The molecule has 4 rings (SSSR count). The van der Waals surface area contributed by atoms with Crippen molar-refractivity contribution in [3.63, 3.8) is 0 Å². The van der Waals surface area contributed by atoms with Crippen LogP contribution in [0.3, 0.4) is 0 Å². The van der Waals surface area contributed by atoms with Crippen molar-refractivity contribution in [3.8, 4) is 17.2 Å². The summed E-state index contributed by atoms with van der Waals surface area (Å²) in [5, 5.41) is 12.5. The van der Waals surface area contributed by atoms with Gasteiger partial charge in [-0.1, -0.05) is 6.07 Å². The van der Waals surface area contributed by atoms with Crippen LogP contribution in [0.1, 0.15) is 27.5 Å². The summed E-state index contributed by atoms with van der Waals surface area (Å²) in [6, 6.07) is 7.19. The van der Waals surface area contributed by atoms with E-state index in [-0.39, 0.29) is 52.5 Å². The van der Waals surface area contributed by atoms with Crippen LogP contribution < -0.4 is 11.1 Å². The molecule has 1 amide bonds. The predicted octanol–water partition coefficient (Wildman–Crippen LogP) is 4.28. The summed E-state index contributed by atoms with van der Waals surface area (Å²) in [7, 11) is 0. The average Bonchev–Trinajstić information content (AvgIpc) is 3.22. The zero-order valence-electron chi connectivity index (χ0n) is 17.1. The Morgan fingerprint density at radius 1 is 1.09 bits per heavy atom. The van der Waals surface area contributed by atoms with Gasteiger partial charge < -0.3 is 20.6 Å². The second kappa shape index (κ2) is 8.71. The number of oxazole rings is 1. The van der Waals surface area contributed by atoms with Gasteiger partial charge in [-0.2, -0.15) is 13.2 Å².